The summed E-state index contributed by atoms with van der Waals surface area (Å²) >= 11 is 12.0. The summed E-state index contributed by atoms with van der Waals surface area (Å²) in [5.41, 5.74) is 2.18. The monoisotopic (exact) mass is 304 g/mol. The maximum absolute atomic E-state index is 6.04. The van der Waals surface area contributed by atoms with Gasteiger partial charge in [0.25, 0.3) is 0 Å². The summed E-state index contributed by atoms with van der Waals surface area (Å²) in [7, 11) is 0. The summed E-state index contributed by atoms with van der Waals surface area (Å²) < 4.78 is 3.43. The van der Waals surface area contributed by atoms with Crippen LogP contribution in [0.2, 0.25) is 10.0 Å². The van der Waals surface area contributed by atoms with Gasteiger partial charge in [-0.3, -0.25) is 4.40 Å². The number of benzene rings is 1. The second-order valence-electron chi connectivity index (χ2n) is 4.20. The molecule has 3 heterocycles. The Morgan fingerprint density at radius 3 is 2.75 bits per heavy atom. The number of rotatable bonds is 1. The van der Waals surface area contributed by atoms with Crippen molar-refractivity contribution < 1.29 is 0 Å². The van der Waals surface area contributed by atoms with E-state index in [1.165, 1.54) is 0 Å². The van der Waals surface area contributed by atoms with Crippen LogP contribution in [0.15, 0.2) is 37.1 Å². The zero-order valence-electron chi connectivity index (χ0n) is 9.90. The Morgan fingerprint density at radius 2 is 1.90 bits per heavy atom. The molecule has 1 aromatic carbocycles. The maximum atomic E-state index is 6.04. The summed E-state index contributed by atoms with van der Waals surface area (Å²) in [5.74, 6) is 0. The lowest BCUT2D eigenvalue weighted by molar-refractivity contribution is 0.893. The summed E-state index contributed by atoms with van der Waals surface area (Å²) in [5, 5.41) is 14.0. The van der Waals surface area contributed by atoms with Crippen molar-refractivity contribution >= 4 is 39.9 Å². The van der Waals surface area contributed by atoms with E-state index in [1.54, 1.807) is 40.1 Å². The molecule has 0 bridgehead atoms. The van der Waals surface area contributed by atoms with Crippen LogP contribution in [0.5, 0.6) is 0 Å². The summed E-state index contributed by atoms with van der Waals surface area (Å²) in [6, 6.07) is 5.30. The molecule has 4 aromatic rings. The average molecular weight is 305 g/mol. The fourth-order valence-corrected chi connectivity index (χ4v) is 2.36. The molecule has 98 valence electrons. The molecule has 0 aliphatic carbocycles. The molecule has 0 aliphatic rings. The van der Waals surface area contributed by atoms with E-state index in [0.29, 0.717) is 21.3 Å². The van der Waals surface area contributed by atoms with Gasteiger partial charge in [0.2, 0.25) is 0 Å². The van der Waals surface area contributed by atoms with E-state index in [1.807, 2.05) is 6.07 Å². The third-order valence-corrected chi connectivity index (χ3v) is 3.75. The minimum Gasteiger partial charge on any atom is -0.271 e. The first kappa shape index (κ1) is 11.6. The summed E-state index contributed by atoms with van der Waals surface area (Å²) in [4.78, 5) is 4.38. The van der Waals surface area contributed by atoms with Gasteiger partial charge in [-0.15, -0.1) is 10.2 Å². The van der Waals surface area contributed by atoms with Crippen LogP contribution in [0.4, 0.5) is 0 Å². The topological polar surface area (TPSA) is 60.9 Å². The molecular formula is C12H6Cl2N6. The van der Waals surface area contributed by atoms with E-state index in [-0.39, 0.29) is 0 Å². The zero-order valence-corrected chi connectivity index (χ0v) is 11.4. The Balaban J connectivity index is 2.02. The van der Waals surface area contributed by atoms with Gasteiger partial charge in [0, 0.05) is 0 Å². The third kappa shape index (κ3) is 1.59. The molecule has 0 aliphatic heterocycles. The van der Waals surface area contributed by atoms with Gasteiger partial charge in [-0.25, -0.2) is 9.67 Å². The number of hydrogen-bond donors (Lipinski definition) is 0. The lowest BCUT2D eigenvalue weighted by atomic mass is 10.3. The molecule has 6 nitrogen and oxygen atoms in total. The number of fused-ring (bicyclic) bond motifs is 3. The van der Waals surface area contributed by atoms with E-state index in [4.69, 9.17) is 23.2 Å². The Hall–Kier alpha value is -2.18. The van der Waals surface area contributed by atoms with E-state index in [9.17, 15) is 0 Å². The summed E-state index contributed by atoms with van der Waals surface area (Å²) in [6.45, 7) is 0. The molecule has 0 saturated heterocycles. The van der Waals surface area contributed by atoms with Crippen LogP contribution in [0.3, 0.4) is 0 Å². The highest BCUT2D eigenvalue weighted by atomic mass is 35.5. The van der Waals surface area contributed by atoms with Crippen LogP contribution in [-0.4, -0.2) is 29.4 Å². The second kappa shape index (κ2) is 4.16. The highest BCUT2D eigenvalue weighted by Crippen LogP contribution is 2.26. The first-order chi connectivity index (χ1) is 9.74. The molecule has 4 rings (SSSR count). The average Bonchev–Trinajstić information content (AvgIpc) is 3.06. The molecule has 0 unspecified atom stereocenters. The van der Waals surface area contributed by atoms with Crippen molar-refractivity contribution in [2.45, 2.75) is 0 Å². The second-order valence-corrected chi connectivity index (χ2v) is 5.01. The molecule has 8 heteroatoms. The van der Waals surface area contributed by atoms with Gasteiger partial charge in [-0.1, -0.05) is 23.2 Å². The molecule has 0 saturated carbocycles. The predicted octanol–water partition coefficient (Wildman–Crippen LogP) is 2.77. The quantitative estimate of drug-likeness (QED) is 0.542. The fraction of sp³-hybridized carbons (Fsp3) is 0. The number of nitrogens with zero attached hydrogens (tertiary/aromatic N) is 6. The lowest BCUT2D eigenvalue weighted by Gasteiger charge is -2.04. The van der Waals surface area contributed by atoms with Crippen molar-refractivity contribution in [1.82, 2.24) is 29.4 Å². The number of hydrogen-bond acceptors (Lipinski definition) is 4. The molecule has 20 heavy (non-hydrogen) atoms. The largest absolute Gasteiger partial charge is 0.271 e. The van der Waals surface area contributed by atoms with Gasteiger partial charge in [0.1, 0.15) is 12.7 Å². The highest BCUT2D eigenvalue weighted by Gasteiger charge is 2.11. The SMILES string of the molecule is Clc1ccc(-n2ncc3c2ncn2cnnc32)cc1Cl. The smallest absolute Gasteiger partial charge is 0.174 e. The highest BCUT2D eigenvalue weighted by molar-refractivity contribution is 6.42. The lowest BCUT2D eigenvalue weighted by Crippen LogP contribution is -1.98. The van der Waals surface area contributed by atoms with E-state index in [0.717, 1.165) is 11.1 Å². The minimum atomic E-state index is 0.469. The van der Waals surface area contributed by atoms with Crippen molar-refractivity contribution in [3.05, 3.63) is 47.1 Å². The van der Waals surface area contributed by atoms with Crippen molar-refractivity contribution in [3.63, 3.8) is 0 Å². The van der Waals surface area contributed by atoms with Crippen molar-refractivity contribution in [1.29, 1.82) is 0 Å². The third-order valence-electron chi connectivity index (χ3n) is 3.01. The minimum absolute atomic E-state index is 0.469. The van der Waals surface area contributed by atoms with Crippen LogP contribution in [0.25, 0.3) is 22.4 Å². The van der Waals surface area contributed by atoms with Gasteiger partial charge in [-0.2, -0.15) is 5.10 Å². The molecule has 0 N–H and O–H groups in total. The van der Waals surface area contributed by atoms with Crippen molar-refractivity contribution in [2.75, 3.05) is 0 Å². The molecule has 0 fully saturated rings. The molecule has 0 atom stereocenters. The number of aromatic nitrogens is 6. The normalized spacial score (nSPS) is 11.5. The molecule has 0 spiro atoms. The van der Waals surface area contributed by atoms with Crippen LogP contribution in [0.1, 0.15) is 0 Å². The fourth-order valence-electron chi connectivity index (χ4n) is 2.07. The first-order valence-electron chi connectivity index (χ1n) is 5.71. The van der Waals surface area contributed by atoms with E-state index < -0.39 is 0 Å². The van der Waals surface area contributed by atoms with Crippen LogP contribution >= 0.6 is 23.2 Å². The molecule has 0 radical (unpaired) electrons. The Kier molecular flexibility index (Phi) is 2.42. The van der Waals surface area contributed by atoms with Gasteiger partial charge in [0.15, 0.2) is 11.3 Å². The van der Waals surface area contributed by atoms with Gasteiger partial charge < -0.3 is 0 Å². The Morgan fingerprint density at radius 1 is 1.00 bits per heavy atom. The van der Waals surface area contributed by atoms with Crippen LogP contribution in [-0.2, 0) is 0 Å². The predicted molar refractivity (Wildman–Crippen MR) is 75.4 cm³/mol. The summed E-state index contributed by atoms with van der Waals surface area (Å²) in [6.07, 6.45) is 4.94. The molecule has 3 aromatic heterocycles. The molecule has 0 amide bonds. The van der Waals surface area contributed by atoms with Crippen molar-refractivity contribution in [2.24, 2.45) is 0 Å². The van der Waals surface area contributed by atoms with E-state index in [2.05, 4.69) is 20.3 Å². The van der Waals surface area contributed by atoms with Gasteiger partial charge in [0.05, 0.1) is 27.3 Å². The standard InChI is InChI=1S/C12H6Cl2N6/c13-9-2-1-7(3-10(9)14)20-11-8(4-17-20)12-18-16-6-19(12)5-15-11/h1-6H. The zero-order chi connectivity index (χ0) is 13.7. The first-order valence-corrected chi connectivity index (χ1v) is 6.47. The van der Waals surface area contributed by atoms with Crippen LogP contribution in [0, 0.1) is 0 Å². The number of halogens is 2. The maximum Gasteiger partial charge on any atom is 0.174 e. The Labute approximate surface area is 122 Å². The Bertz CT molecular complexity index is 942. The molecular weight excluding hydrogens is 299 g/mol. The van der Waals surface area contributed by atoms with Crippen LogP contribution < -0.4 is 0 Å². The van der Waals surface area contributed by atoms with E-state index >= 15 is 0 Å². The van der Waals surface area contributed by atoms with Crippen molar-refractivity contribution in [3.8, 4) is 5.69 Å². The van der Waals surface area contributed by atoms with Gasteiger partial charge in [-0.05, 0) is 18.2 Å². The van der Waals surface area contributed by atoms with Gasteiger partial charge >= 0.3 is 0 Å².